The van der Waals surface area contributed by atoms with Gasteiger partial charge in [-0.05, 0) is 33.5 Å². The quantitative estimate of drug-likeness (QED) is 0.617. The minimum atomic E-state index is 0.129. The SMILES string of the molecule is OCc1c(I)sc2c(CBr)cccc12. The topological polar surface area (TPSA) is 20.2 Å². The molecule has 4 heteroatoms. The third-order valence-electron chi connectivity index (χ3n) is 2.15. The minimum absolute atomic E-state index is 0.129. The number of benzene rings is 1. The molecule has 0 bridgehead atoms. The smallest absolute Gasteiger partial charge is 0.0721 e. The zero-order chi connectivity index (χ0) is 10.1. The average Bonchev–Trinajstić information content (AvgIpc) is 2.52. The number of halogens is 2. The number of hydrogen-bond donors (Lipinski definition) is 1. The minimum Gasteiger partial charge on any atom is -0.392 e. The molecule has 1 aromatic heterocycles. The van der Waals surface area contributed by atoms with Crippen molar-refractivity contribution in [1.82, 2.24) is 0 Å². The number of thiophene rings is 1. The maximum Gasteiger partial charge on any atom is 0.0721 e. The van der Waals surface area contributed by atoms with Crippen molar-refractivity contribution in [2.75, 3.05) is 0 Å². The van der Waals surface area contributed by atoms with E-state index in [1.807, 2.05) is 6.07 Å². The molecular weight excluding hydrogens is 375 g/mol. The molecule has 2 aromatic rings. The number of rotatable bonds is 2. The van der Waals surface area contributed by atoms with Crippen LogP contribution in [0.25, 0.3) is 10.1 Å². The van der Waals surface area contributed by atoms with Gasteiger partial charge in [0.2, 0.25) is 0 Å². The van der Waals surface area contributed by atoms with Crippen molar-refractivity contribution < 1.29 is 5.11 Å². The fourth-order valence-electron chi connectivity index (χ4n) is 1.45. The van der Waals surface area contributed by atoms with Crippen LogP contribution in [0.4, 0.5) is 0 Å². The summed E-state index contributed by atoms with van der Waals surface area (Å²) in [5.41, 5.74) is 2.36. The number of alkyl halides is 1. The van der Waals surface area contributed by atoms with E-state index in [9.17, 15) is 5.11 Å². The average molecular weight is 383 g/mol. The van der Waals surface area contributed by atoms with E-state index in [0.717, 1.165) is 10.9 Å². The van der Waals surface area contributed by atoms with Crippen molar-refractivity contribution in [3.05, 3.63) is 32.2 Å². The van der Waals surface area contributed by atoms with Crippen LogP contribution in [0, 0.1) is 2.88 Å². The Morgan fingerprint density at radius 2 is 2.21 bits per heavy atom. The van der Waals surface area contributed by atoms with Gasteiger partial charge in [0.1, 0.15) is 0 Å². The van der Waals surface area contributed by atoms with Crippen LogP contribution in [0.1, 0.15) is 11.1 Å². The van der Waals surface area contributed by atoms with Gasteiger partial charge in [0.05, 0.1) is 9.49 Å². The summed E-state index contributed by atoms with van der Waals surface area (Å²) >= 11 is 7.52. The molecule has 1 N–H and O–H groups in total. The first-order chi connectivity index (χ1) is 6.77. The zero-order valence-corrected chi connectivity index (χ0v) is 11.8. The van der Waals surface area contributed by atoms with Gasteiger partial charge in [-0.3, -0.25) is 0 Å². The molecule has 14 heavy (non-hydrogen) atoms. The summed E-state index contributed by atoms with van der Waals surface area (Å²) in [7, 11) is 0. The summed E-state index contributed by atoms with van der Waals surface area (Å²) in [6.07, 6.45) is 0. The Morgan fingerprint density at radius 3 is 2.86 bits per heavy atom. The molecule has 0 fully saturated rings. The van der Waals surface area contributed by atoms with E-state index in [-0.39, 0.29) is 6.61 Å². The van der Waals surface area contributed by atoms with Crippen molar-refractivity contribution >= 4 is 59.9 Å². The predicted octanol–water partition coefficient (Wildman–Crippen LogP) is 3.89. The lowest BCUT2D eigenvalue weighted by atomic mass is 10.1. The van der Waals surface area contributed by atoms with Crippen LogP contribution in [0.3, 0.4) is 0 Å². The van der Waals surface area contributed by atoms with Crippen LogP contribution >= 0.6 is 49.9 Å². The highest BCUT2D eigenvalue weighted by molar-refractivity contribution is 14.1. The molecule has 0 saturated carbocycles. The van der Waals surface area contributed by atoms with Crippen molar-refractivity contribution in [3.8, 4) is 0 Å². The Labute approximate surface area is 108 Å². The fraction of sp³-hybridized carbons (Fsp3) is 0.200. The molecule has 0 atom stereocenters. The monoisotopic (exact) mass is 382 g/mol. The molecule has 0 aliphatic rings. The summed E-state index contributed by atoms with van der Waals surface area (Å²) in [5.74, 6) is 0. The van der Waals surface area contributed by atoms with E-state index in [1.165, 1.54) is 18.5 Å². The lowest BCUT2D eigenvalue weighted by Gasteiger charge is -1.98. The second-order valence-electron chi connectivity index (χ2n) is 2.94. The highest BCUT2D eigenvalue weighted by Gasteiger charge is 2.10. The molecule has 0 spiro atoms. The van der Waals surface area contributed by atoms with Gasteiger partial charge in [-0.2, -0.15) is 0 Å². The van der Waals surface area contributed by atoms with Crippen molar-refractivity contribution in [3.63, 3.8) is 0 Å². The summed E-state index contributed by atoms with van der Waals surface area (Å²) in [6, 6.07) is 6.23. The van der Waals surface area contributed by atoms with Crippen LogP contribution < -0.4 is 0 Å². The summed E-state index contributed by atoms with van der Waals surface area (Å²) in [4.78, 5) is 0. The molecule has 0 aliphatic carbocycles. The normalized spacial score (nSPS) is 11.1. The van der Waals surface area contributed by atoms with Gasteiger partial charge in [0, 0.05) is 15.6 Å². The van der Waals surface area contributed by atoms with Crippen LogP contribution in [0.2, 0.25) is 0 Å². The first-order valence-corrected chi connectivity index (χ1v) is 7.15. The van der Waals surface area contributed by atoms with Gasteiger partial charge < -0.3 is 5.11 Å². The van der Waals surface area contributed by atoms with Crippen LogP contribution in [0.5, 0.6) is 0 Å². The van der Waals surface area contributed by atoms with Crippen LogP contribution in [0.15, 0.2) is 18.2 Å². The maximum absolute atomic E-state index is 9.26. The molecule has 2 rings (SSSR count). The number of fused-ring (bicyclic) bond motifs is 1. The first kappa shape index (κ1) is 10.9. The van der Waals surface area contributed by atoms with Crippen molar-refractivity contribution in [2.24, 2.45) is 0 Å². The molecule has 1 aromatic carbocycles. The third-order valence-corrected chi connectivity index (χ3v) is 5.18. The number of aliphatic hydroxyl groups excluding tert-OH is 1. The van der Waals surface area contributed by atoms with E-state index in [1.54, 1.807) is 11.3 Å². The summed E-state index contributed by atoms with van der Waals surface area (Å²) < 4.78 is 2.48. The molecule has 1 heterocycles. The third kappa shape index (κ3) is 1.73. The van der Waals surface area contributed by atoms with Gasteiger partial charge in [0.25, 0.3) is 0 Å². The second kappa shape index (κ2) is 4.47. The molecule has 0 saturated heterocycles. The largest absolute Gasteiger partial charge is 0.392 e. The van der Waals surface area contributed by atoms with E-state index in [4.69, 9.17) is 0 Å². The van der Waals surface area contributed by atoms with Crippen molar-refractivity contribution in [1.29, 1.82) is 0 Å². The fourth-order valence-corrected chi connectivity index (χ4v) is 4.28. The predicted molar refractivity (Wildman–Crippen MR) is 73.1 cm³/mol. The standard InChI is InChI=1S/C10H8BrIOS/c11-4-6-2-1-3-7-8(5-13)10(12)14-9(6)7/h1-3,13H,4-5H2. The number of hydrogen-bond acceptors (Lipinski definition) is 2. The molecule has 0 unspecified atom stereocenters. The Morgan fingerprint density at radius 1 is 1.43 bits per heavy atom. The Balaban J connectivity index is 2.79. The number of aliphatic hydroxyl groups is 1. The molecule has 74 valence electrons. The van der Waals surface area contributed by atoms with Gasteiger partial charge in [-0.1, -0.05) is 34.1 Å². The molecule has 0 amide bonds. The van der Waals surface area contributed by atoms with E-state index >= 15 is 0 Å². The van der Waals surface area contributed by atoms with E-state index in [2.05, 4.69) is 50.7 Å². The van der Waals surface area contributed by atoms with Crippen LogP contribution in [-0.4, -0.2) is 5.11 Å². The van der Waals surface area contributed by atoms with Gasteiger partial charge in [-0.15, -0.1) is 11.3 Å². The van der Waals surface area contributed by atoms with Gasteiger partial charge >= 0.3 is 0 Å². The molecule has 1 nitrogen and oxygen atoms in total. The molecular formula is C10H8BrIOS. The van der Waals surface area contributed by atoms with E-state index in [0.29, 0.717) is 0 Å². The van der Waals surface area contributed by atoms with Crippen molar-refractivity contribution in [2.45, 2.75) is 11.9 Å². The summed E-state index contributed by atoms with van der Waals surface area (Å²) in [5, 5.41) is 11.3. The Bertz CT molecular complexity index is 466. The van der Waals surface area contributed by atoms with Crippen LogP contribution in [-0.2, 0) is 11.9 Å². The first-order valence-electron chi connectivity index (χ1n) is 4.13. The highest BCUT2D eigenvalue weighted by atomic mass is 127. The van der Waals surface area contributed by atoms with Gasteiger partial charge in [0.15, 0.2) is 0 Å². The summed E-state index contributed by atoms with van der Waals surface area (Å²) in [6.45, 7) is 0.129. The zero-order valence-electron chi connectivity index (χ0n) is 7.26. The lowest BCUT2D eigenvalue weighted by Crippen LogP contribution is -1.83. The molecule has 0 radical (unpaired) electrons. The Hall–Kier alpha value is 0.350. The molecule has 0 aliphatic heterocycles. The lowest BCUT2D eigenvalue weighted by molar-refractivity contribution is 0.283. The highest BCUT2D eigenvalue weighted by Crippen LogP contribution is 2.35. The maximum atomic E-state index is 9.26. The Kier molecular flexibility index (Phi) is 3.46. The second-order valence-corrected chi connectivity index (χ2v) is 6.33. The van der Waals surface area contributed by atoms with Gasteiger partial charge in [-0.25, -0.2) is 0 Å². The van der Waals surface area contributed by atoms with E-state index < -0.39 is 0 Å².